The summed E-state index contributed by atoms with van der Waals surface area (Å²) in [4.78, 5) is 2.18. The molecule has 0 unspecified atom stereocenters. The molecule has 1 aliphatic rings. The first kappa shape index (κ1) is 12.7. The highest BCUT2D eigenvalue weighted by atomic mass is 19.4. The third-order valence-electron chi connectivity index (χ3n) is 2.29. The summed E-state index contributed by atoms with van der Waals surface area (Å²) in [6, 6.07) is 0. The summed E-state index contributed by atoms with van der Waals surface area (Å²) in [5, 5.41) is 2.79. The summed E-state index contributed by atoms with van der Waals surface area (Å²) in [5.74, 6) is 0. The Morgan fingerprint density at radius 1 is 1.13 bits per heavy atom. The van der Waals surface area contributed by atoms with Crippen LogP contribution in [-0.2, 0) is 4.74 Å². The molecule has 0 amide bonds. The van der Waals surface area contributed by atoms with E-state index in [2.05, 4.69) is 10.2 Å². The summed E-state index contributed by atoms with van der Waals surface area (Å²) >= 11 is 0. The van der Waals surface area contributed by atoms with Crippen molar-refractivity contribution in [3.63, 3.8) is 0 Å². The maximum absolute atomic E-state index is 11.8. The quantitative estimate of drug-likeness (QED) is 0.704. The minimum Gasteiger partial charge on any atom is -0.379 e. The van der Waals surface area contributed by atoms with Gasteiger partial charge in [0.05, 0.1) is 19.6 Å². The zero-order valence-electron chi connectivity index (χ0n) is 8.65. The van der Waals surface area contributed by atoms with E-state index < -0.39 is 12.6 Å². The second-order valence-electron chi connectivity index (χ2n) is 3.57. The van der Waals surface area contributed by atoms with Gasteiger partial charge in [-0.25, -0.2) is 0 Å². The van der Waals surface area contributed by atoms with E-state index in [0.29, 0.717) is 6.54 Å². The Morgan fingerprint density at radius 2 is 1.80 bits per heavy atom. The molecule has 1 N–H and O–H groups in total. The molecule has 0 bridgehead atoms. The number of morpholine rings is 1. The van der Waals surface area contributed by atoms with Crippen molar-refractivity contribution >= 4 is 0 Å². The van der Waals surface area contributed by atoms with Crippen molar-refractivity contribution in [1.29, 1.82) is 0 Å². The van der Waals surface area contributed by atoms with Crippen molar-refractivity contribution in [3.8, 4) is 0 Å². The Hall–Kier alpha value is -0.330. The highest BCUT2D eigenvalue weighted by Crippen LogP contribution is 2.17. The number of nitrogens with zero attached hydrogens (tertiary/aromatic N) is 1. The van der Waals surface area contributed by atoms with Crippen molar-refractivity contribution in [1.82, 2.24) is 10.2 Å². The monoisotopic (exact) mass is 226 g/mol. The van der Waals surface area contributed by atoms with Crippen molar-refractivity contribution in [2.45, 2.75) is 12.6 Å². The zero-order valence-corrected chi connectivity index (χ0v) is 8.65. The smallest absolute Gasteiger partial charge is 0.379 e. The fraction of sp³-hybridized carbons (Fsp3) is 1.00. The molecule has 1 saturated heterocycles. The van der Waals surface area contributed by atoms with Gasteiger partial charge in [-0.05, 0) is 0 Å². The number of ether oxygens (including phenoxy) is 1. The van der Waals surface area contributed by atoms with Gasteiger partial charge >= 0.3 is 6.18 Å². The second-order valence-corrected chi connectivity index (χ2v) is 3.57. The Balaban J connectivity index is 1.92. The standard InChI is InChI=1S/C9H17F3N2O/c10-9(11,12)1-2-13-3-4-14-5-7-15-8-6-14/h13H,1-8H2. The van der Waals surface area contributed by atoms with Gasteiger partial charge in [-0.1, -0.05) is 0 Å². The maximum atomic E-state index is 11.8. The van der Waals surface area contributed by atoms with Gasteiger partial charge in [0.2, 0.25) is 0 Å². The molecule has 1 heterocycles. The molecule has 1 rings (SSSR count). The van der Waals surface area contributed by atoms with Gasteiger partial charge in [-0.15, -0.1) is 0 Å². The summed E-state index contributed by atoms with van der Waals surface area (Å²) in [7, 11) is 0. The summed E-state index contributed by atoms with van der Waals surface area (Å²) in [6.07, 6.45) is -4.80. The predicted octanol–water partition coefficient (Wildman–Crippen LogP) is 0.861. The predicted molar refractivity (Wildman–Crippen MR) is 50.8 cm³/mol. The normalized spacial score (nSPS) is 19.4. The van der Waals surface area contributed by atoms with E-state index in [1.807, 2.05) is 0 Å². The van der Waals surface area contributed by atoms with Gasteiger partial charge in [0, 0.05) is 32.7 Å². The first-order valence-electron chi connectivity index (χ1n) is 5.15. The Morgan fingerprint density at radius 3 is 2.40 bits per heavy atom. The molecular formula is C9H17F3N2O. The van der Waals surface area contributed by atoms with Crippen molar-refractivity contribution in [2.24, 2.45) is 0 Å². The average molecular weight is 226 g/mol. The van der Waals surface area contributed by atoms with E-state index in [4.69, 9.17) is 4.74 Å². The second kappa shape index (κ2) is 6.30. The zero-order chi connectivity index (χ0) is 11.1. The first-order valence-corrected chi connectivity index (χ1v) is 5.15. The Labute approximate surface area is 87.6 Å². The summed E-state index contributed by atoms with van der Waals surface area (Å²) in [6.45, 7) is 4.61. The molecule has 15 heavy (non-hydrogen) atoms. The third-order valence-corrected chi connectivity index (χ3v) is 2.29. The molecule has 90 valence electrons. The molecule has 0 radical (unpaired) electrons. The van der Waals surface area contributed by atoms with Crippen LogP contribution >= 0.6 is 0 Å². The fourth-order valence-corrected chi connectivity index (χ4v) is 1.42. The van der Waals surface area contributed by atoms with Crippen LogP contribution in [0.5, 0.6) is 0 Å². The van der Waals surface area contributed by atoms with Crippen LogP contribution in [0.25, 0.3) is 0 Å². The van der Waals surface area contributed by atoms with Crippen LogP contribution in [0.4, 0.5) is 13.2 Å². The van der Waals surface area contributed by atoms with Gasteiger partial charge < -0.3 is 10.1 Å². The maximum Gasteiger partial charge on any atom is 0.390 e. The summed E-state index contributed by atoms with van der Waals surface area (Å²) < 4.78 is 40.5. The van der Waals surface area contributed by atoms with E-state index in [0.717, 1.165) is 32.8 Å². The van der Waals surface area contributed by atoms with Crippen LogP contribution < -0.4 is 5.32 Å². The highest BCUT2D eigenvalue weighted by molar-refractivity contribution is 4.63. The van der Waals surface area contributed by atoms with Crippen LogP contribution in [-0.4, -0.2) is 57.0 Å². The minimum atomic E-state index is -4.05. The molecule has 1 fully saturated rings. The molecule has 0 atom stereocenters. The van der Waals surface area contributed by atoms with Crippen LogP contribution in [0, 0.1) is 0 Å². The molecule has 0 aromatic carbocycles. The van der Waals surface area contributed by atoms with Crippen LogP contribution in [0.3, 0.4) is 0 Å². The van der Waals surface area contributed by atoms with Crippen LogP contribution in [0.1, 0.15) is 6.42 Å². The van der Waals surface area contributed by atoms with Crippen LogP contribution in [0.15, 0.2) is 0 Å². The van der Waals surface area contributed by atoms with E-state index in [1.54, 1.807) is 0 Å². The molecule has 0 spiro atoms. The molecule has 0 aromatic rings. The van der Waals surface area contributed by atoms with E-state index in [-0.39, 0.29) is 6.54 Å². The Bertz CT molecular complexity index is 169. The molecule has 0 aromatic heterocycles. The number of hydrogen-bond acceptors (Lipinski definition) is 3. The lowest BCUT2D eigenvalue weighted by Crippen LogP contribution is -2.40. The van der Waals surface area contributed by atoms with Gasteiger partial charge in [0.1, 0.15) is 0 Å². The number of nitrogens with one attached hydrogen (secondary N) is 1. The fourth-order valence-electron chi connectivity index (χ4n) is 1.42. The topological polar surface area (TPSA) is 24.5 Å². The molecule has 0 saturated carbocycles. The molecular weight excluding hydrogens is 209 g/mol. The van der Waals surface area contributed by atoms with Crippen LogP contribution in [0.2, 0.25) is 0 Å². The van der Waals surface area contributed by atoms with Gasteiger partial charge in [-0.2, -0.15) is 13.2 Å². The SMILES string of the molecule is FC(F)(F)CCNCCN1CCOCC1. The lowest BCUT2D eigenvalue weighted by molar-refractivity contribution is -0.133. The van der Waals surface area contributed by atoms with Gasteiger partial charge in [-0.3, -0.25) is 4.90 Å². The number of hydrogen-bond donors (Lipinski definition) is 1. The lowest BCUT2D eigenvalue weighted by Gasteiger charge is -2.26. The largest absolute Gasteiger partial charge is 0.390 e. The minimum absolute atomic E-state index is 0.00778. The van der Waals surface area contributed by atoms with E-state index >= 15 is 0 Å². The van der Waals surface area contributed by atoms with Crippen molar-refractivity contribution < 1.29 is 17.9 Å². The number of rotatable bonds is 5. The molecule has 6 heteroatoms. The summed E-state index contributed by atoms with van der Waals surface area (Å²) in [5.41, 5.74) is 0. The average Bonchev–Trinajstić information content (AvgIpc) is 2.17. The lowest BCUT2D eigenvalue weighted by atomic mass is 10.4. The molecule has 0 aliphatic carbocycles. The van der Waals surface area contributed by atoms with E-state index in [1.165, 1.54) is 0 Å². The highest BCUT2D eigenvalue weighted by Gasteiger charge is 2.25. The number of alkyl halides is 3. The van der Waals surface area contributed by atoms with Crippen molar-refractivity contribution in [3.05, 3.63) is 0 Å². The third kappa shape index (κ3) is 6.70. The first-order chi connectivity index (χ1) is 7.08. The van der Waals surface area contributed by atoms with Crippen molar-refractivity contribution in [2.75, 3.05) is 45.9 Å². The van der Waals surface area contributed by atoms with Gasteiger partial charge in [0.25, 0.3) is 0 Å². The van der Waals surface area contributed by atoms with Gasteiger partial charge in [0.15, 0.2) is 0 Å². The molecule has 1 aliphatic heterocycles. The van der Waals surface area contributed by atoms with E-state index in [9.17, 15) is 13.2 Å². The Kier molecular flexibility index (Phi) is 5.35. The molecule has 3 nitrogen and oxygen atoms in total. The number of halogens is 3.